The fourth-order valence-electron chi connectivity index (χ4n) is 4.21. The van der Waals surface area contributed by atoms with E-state index in [4.69, 9.17) is 27.6 Å². The van der Waals surface area contributed by atoms with Crippen LogP contribution >= 0.6 is 23.2 Å². The Morgan fingerprint density at radius 1 is 1.15 bits per heavy atom. The molecule has 0 spiro atoms. The van der Waals surface area contributed by atoms with Gasteiger partial charge in [-0.2, -0.15) is 0 Å². The number of hydrogen-bond acceptors (Lipinski definition) is 2. The fraction of sp³-hybridized carbons (Fsp3) is 0.714. The van der Waals surface area contributed by atoms with Gasteiger partial charge in [0.25, 0.3) is 0 Å². The molecule has 1 aromatic rings. The summed E-state index contributed by atoms with van der Waals surface area (Å²) in [5.74, 6) is 0. The molecule has 1 aromatic carbocycles. The smallest absolute Gasteiger partial charge is 0.192 e. The molecule has 0 aliphatic heterocycles. The van der Waals surface area contributed by atoms with Gasteiger partial charge in [0.2, 0.25) is 0 Å². The average molecular weight is 417 g/mol. The van der Waals surface area contributed by atoms with E-state index in [2.05, 4.69) is 39.9 Å². The minimum atomic E-state index is -1.77. The van der Waals surface area contributed by atoms with Crippen molar-refractivity contribution in [2.24, 2.45) is 5.41 Å². The van der Waals surface area contributed by atoms with E-state index >= 15 is 0 Å². The minimum Gasteiger partial charge on any atom is -0.409 e. The molecule has 1 aliphatic carbocycles. The average Bonchev–Trinajstić information content (AvgIpc) is 2.96. The molecule has 0 amide bonds. The van der Waals surface area contributed by atoms with Crippen LogP contribution in [0.2, 0.25) is 28.2 Å². The van der Waals surface area contributed by atoms with Gasteiger partial charge in [0.15, 0.2) is 8.32 Å². The quantitative estimate of drug-likeness (QED) is 0.429. The molecule has 5 heteroatoms. The molecule has 26 heavy (non-hydrogen) atoms. The van der Waals surface area contributed by atoms with Crippen LogP contribution in [0.1, 0.15) is 65.5 Å². The van der Waals surface area contributed by atoms with E-state index in [0.717, 1.165) is 30.2 Å². The zero-order valence-electron chi connectivity index (χ0n) is 17.0. The Morgan fingerprint density at radius 3 is 2.19 bits per heavy atom. The first-order valence-electron chi connectivity index (χ1n) is 10.1. The van der Waals surface area contributed by atoms with E-state index in [1.165, 1.54) is 19.3 Å². The first-order valence-corrected chi connectivity index (χ1v) is 13.4. The summed E-state index contributed by atoms with van der Waals surface area (Å²) in [6.45, 7) is 12.3. The zero-order chi connectivity index (χ0) is 19.4. The second-order valence-corrected chi connectivity index (χ2v) is 14.0. The standard InChI is InChI=1S/C21H35Cl2NOSi/c1-6-26(7-2,8-3)25-19(20-17(22)10-9-11-18(20)23)15-24-16-12-13-21(4,5)14-16/h9-11,16,19,24H,6-8,12-15H2,1-5H3/t16-,19?/m0/s1. The van der Waals surface area contributed by atoms with Crippen LogP contribution in [-0.2, 0) is 4.43 Å². The van der Waals surface area contributed by atoms with Crippen molar-refractivity contribution < 1.29 is 4.43 Å². The van der Waals surface area contributed by atoms with Gasteiger partial charge < -0.3 is 9.74 Å². The monoisotopic (exact) mass is 415 g/mol. The Balaban J connectivity index is 2.21. The topological polar surface area (TPSA) is 21.3 Å². The lowest BCUT2D eigenvalue weighted by molar-refractivity contribution is 0.180. The molecule has 1 aliphatic rings. The van der Waals surface area contributed by atoms with Gasteiger partial charge in [-0.1, -0.05) is 63.9 Å². The molecule has 2 atom stereocenters. The molecule has 0 saturated heterocycles. The zero-order valence-corrected chi connectivity index (χ0v) is 19.5. The van der Waals surface area contributed by atoms with E-state index in [1.807, 2.05) is 18.2 Å². The summed E-state index contributed by atoms with van der Waals surface area (Å²) in [7, 11) is -1.77. The highest BCUT2D eigenvalue weighted by Gasteiger charge is 2.35. The van der Waals surface area contributed by atoms with E-state index < -0.39 is 8.32 Å². The highest BCUT2D eigenvalue weighted by molar-refractivity contribution is 6.73. The molecule has 1 N–H and O–H groups in total. The summed E-state index contributed by atoms with van der Waals surface area (Å²) < 4.78 is 6.85. The number of benzene rings is 1. The lowest BCUT2D eigenvalue weighted by Gasteiger charge is -2.35. The van der Waals surface area contributed by atoms with Crippen LogP contribution in [0.5, 0.6) is 0 Å². The molecule has 0 aromatic heterocycles. The van der Waals surface area contributed by atoms with Crippen molar-refractivity contribution in [3.8, 4) is 0 Å². The lowest BCUT2D eigenvalue weighted by Crippen LogP contribution is -2.41. The predicted molar refractivity (Wildman–Crippen MR) is 117 cm³/mol. The van der Waals surface area contributed by atoms with Crippen LogP contribution in [0.15, 0.2) is 18.2 Å². The third-order valence-electron chi connectivity index (χ3n) is 6.21. The van der Waals surface area contributed by atoms with Crippen molar-refractivity contribution in [2.45, 2.75) is 84.2 Å². The Hall–Kier alpha value is -0.0631. The molecule has 0 radical (unpaired) electrons. The van der Waals surface area contributed by atoms with Crippen molar-refractivity contribution in [1.29, 1.82) is 0 Å². The van der Waals surface area contributed by atoms with Gasteiger partial charge in [0, 0.05) is 28.2 Å². The van der Waals surface area contributed by atoms with Crippen molar-refractivity contribution in [3.63, 3.8) is 0 Å². The van der Waals surface area contributed by atoms with E-state index in [9.17, 15) is 0 Å². The molecular formula is C21H35Cl2NOSi. The lowest BCUT2D eigenvalue weighted by atomic mass is 9.92. The van der Waals surface area contributed by atoms with Crippen LogP contribution in [0.3, 0.4) is 0 Å². The van der Waals surface area contributed by atoms with Gasteiger partial charge in [-0.05, 0) is 54.9 Å². The first-order chi connectivity index (χ1) is 12.3. The van der Waals surface area contributed by atoms with Crippen LogP contribution in [0, 0.1) is 5.41 Å². The van der Waals surface area contributed by atoms with Crippen molar-refractivity contribution >= 4 is 31.5 Å². The van der Waals surface area contributed by atoms with Crippen LogP contribution in [0.4, 0.5) is 0 Å². The fourth-order valence-corrected chi connectivity index (χ4v) is 7.65. The van der Waals surface area contributed by atoms with Gasteiger partial charge in [-0.15, -0.1) is 0 Å². The van der Waals surface area contributed by atoms with Crippen molar-refractivity contribution in [1.82, 2.24) is 5.32 Å². The normalized spacial score (nSPS) is 21.1. The van der Waals surface area contributed by atoms with Gasteiger partial charge in [0.1, 0.15) is 0 Å². The van der Waals surface area contributed by atoms with Crippen LogP contribution in [-0.4, -0.2) is 20.9 Å². The van der Waals surface area contributed by atoms with Crippen molar-refractivity contribution in [3.05, 3.63) is 33.8 Å². The molecule has 1 fully saturated rings. The highest BCUT2D eigenvalue weighted by atomic mass is 35.5. The number of rotatable bonds is 9. The highest BCUT2D eigenvalue weighted by Crippen LogP contribution is 2.39. The first kappa shape index (κ1) is 22.2. The minimum absolute atomic E-state index is 0.0774. The Labute approximate surface area is 171 Å². The van der Waals surface area contributed by atoms with Crippen molar-refractivity contribution in [2.75, 3.05) is 6.54 Å². The number of hydrogen-bond donors (Lipinski definition) is 1. The molecule has 0 heterocycles. The van der Waals surface area contributed by atoms with Gasteiger partial charge in [0.05, 0.1) is 6.10 Å². The summed E-state index contributed by atoms with van der Waals surface area (Å²) in [5.41, 5.74) is 1.39. The molecule has 1 unspecified atom stereocenters. The SMILES string of the molecule is CC[Si](CC)(CC)OC(CN[C@H]1CCC(C)(C)C1)c1c(Cl)cccc1Cl. The third-order valence-corrected chi connectivity index (χ3v) is 11.5. The molecule has 148 valence electrons. The Kier molecular flexibility index (Phi) is 8.06. The molecule has 2 nitrogen and oxygen atoms in total. The predicted octanol–water partition coefficient (Wildman–Crippen LogP) is 7.22. The second kappa shape index (κ2) is 9.42. The van der Waals surface area contributed by atoms with E-state index in [0.29, 0.717) is 21.5 Å². The summed E-state index contributed by atoms with van der Waals surface area (Å²) in [5, 5.41) is 5.19. The van der Waals surface area contributed by atoms with Crippen LogP contribution < -0.4 is 5.32 Å². The molecule has 0 bridgehead atoms. The Morgan fingerprint density at radius 2 is 1.73 bits per heavy atom. The number of halogens is 2. The largest absolute Gasteiger partial charge is 0.409 e. The summed E-state index contributed by atoms with van der Waals surface area (Å²) in [4.78, 5) is 0. The maximum atomic E-state index is 6.85. The molecule has 1 saturated carbocycles. The summed E-state index contributed by atoms with van der Waals surface area (Å²) in [6.07, 6.45) is 3.65. The van der Waals surface area contributed by atoms with Gasteiger partial charge >= 0.3 is 0 Å². The van der Waals surface area contributed by atoms with E-state index in [1.54, 1.807) is 0 Å². The maximum Gasteiger partial charge on any atom is 0.192 e. The summed E-state index contributed by atoms with van der Waals surface area (Å²) >= 11 is 13.1. The summed E-state index contributed by atoms with van der Waals surface area (Å²) in [6, 6.07) is 9.66. The van der Waals surface area contributed by atoms with Crippen LogP contribution in [0.25, 0.3) is 0 Å². The van der Waals surface area contributed by atoms with Gasteiger partial charge in [-0.25, -0.2) is 0 Å². The molecular weight excluding hydrogens is 381 g/mol. The number of nitrogens with one attached hydrogen (secondary N) is 1. The Bertz CT molecular complexity index is 561. The molecule has 2 rings (SSSR count). The second-order valence-electron chi connectivity index (χ2n) is 8.50. The third kappa shape index (κ3) is 5.48. The van der Waals surface area contributed by atoms with Gasteiger partial charge in [-0.3, -0.25) is 0 Å². The van der Waals surface area contributed by atoms with E-state index in [-0.39, 0.29) is 6.10 Å². The maximum absolute atomic E-state index is 6.85.